The van der Waals surface area contributed by atoms with Crippen molar-refractivity contribution in [3.05, 3.63) is 53.1 Å². The molecule has 2 aromatic rings. The Morgan fingerprint density at radius 3 is 2.71 bits per heavy atom. The van der Waals surface area contributed by atoms with Crippen LogP contribution < -0.4 is 14.2 Å². The largest absolute Gasteiger partial charge is 0.454 e. The van der Waals surface area contributed by atoms with Crippen LogP contribution in [-0.2, 0) is 29.3 Å². The molecule has 0 bridgehead atoms. The van der Waals surface area contributed by atoms with Gasteiger partial charge in [-0.05, 0) is 66.6 Å². The second-order valence-corrected chi connectivity index (χ2v) is 7.89. The third kappa shape index (κ3) is 2.99. The molecule has 126 valence electrons. The van der Waals surface area contributed by atoms with Gasteiger partial charge in [0, 0.05) is 6.54 Å². The van der Waals surface area contributed by atoms with E-state index in [1.807, 2.05) is 30.3 Å². The zero-order valence-electron chi connectivity index (χ0n) is 13.2. The van der Waals surface area contributed by atoms with Crippen molar-refractivity contribution >= 4 is 10.0 Å². The summed E-state index contributed by atoms with van der Waals surface area (Å²) in [5.74, 6) is 1.45. The minimum absolute atomic E-state index is 0.240. The third-order valence-corrected chi connectivity index (χ3v) is 5.98. The Morgan fingerprint density at radius 2 is 1.79 bits per heavy atom. The molecular formula is C18H19NO4S. The van der Waals surface area contributed by atoms with Gasteiger partial charge < -0.3 is 9.47 Å². The third-order valence-electron chi connectivity index (χ3n) is 4.52. The van der Waals surface area contributed by atoms with Crippen LogP contribution in [0.5, 0.6) is 11.5 Å². The van der Waals surface area contributed by atoms with E-state index in [2.05, 4.69) is 4.72 Å². The highest BCUT2D eigenvalue weighted by molar-refractivity contribution is 7.89. The number of fused-ring (bicyclic) bond motifs is 2. The van der Waals surface area contributed by atoms with Gasteiger partial charge in [0.15, 0.2) is 11.5 Å². The molecule has 6 heteroatoms. The number of benzene rings is 2. The monoisotopic (exact) mass is 345 g/mol. The smallest absolute Gasteiger partial charge is 0.240 e. The van der Waals surface area contributed by atoms with E-state index in [-0.39, 0.29) is 6.79 Å². The molecule has 1 N–H and O–H groups in total. The van der Waals surface area contributed by atoms with E-state index >= 15 is 0 Å². The number of hydrogen-bond donors (Lipinski definition) is 1. The molecule has 0 fully saturated rings. The summed E-state index contributed by atoms with van der Waals surface area (Å²) in [5.41, 5.74) is 3.44. The van der Waals surface area contributed by atoms with E-state index in [1.165, 1.54) is 5.56 Å². The second kappa shape index (κ2) is 6.11. The Morgan fingerprint density at radius 1 is 0.958 bits per heavy atom. The van der Waals surface area contributed by atoms with Crippen molar-refractivity contribution in [2.24, 2.45) is 0 Å². The summed E-state index contributed by atoms with van der Waals surface area (Å²) in [6.45, 7) is 0.586. The van der Waals surface area contributed by atoms with Gasteiger partial charge in [-0.25, -0.2) is 13.1 Å². The molecule has 2 aliphatic rings. The molecule has 1 heterocycles. The normalized spacial score (nSPS) is 15.5. The van der Waals surface area contributed by atoms with Gasteiger partial charge >= 0.3 is 0 Å². The van der Waals surface area contributed by atoms with Crippen LogP contribution >= 0.6 is 0 Å². The first-order valence-corrected chi connectivity index (χ1v) is 9.60. The Kier molecular flexibility index (Phi) is 3.94. The molecule has 1 aliphatic carbocycles. The van der Waals surface area contributed by atoms with E-state index in [9.17, 15) is 8.42 Å². The van der Waals surface area contributed by atoms with Crippen LogP contribution in [0.15, 0.2) is 41.3 Å². The fraction of sp³-hybridized carbons (Fsp3) is 0.333. The minimum atomic E-state index is -3.47. The van der Waals surface area contributed by atoms with Gasteiger partial charge in [0.25, 0.3) is 0 Å². The number of hydrogen-bond acceptors (Lipinski definition) is 4. The van der Waals surface area contributed by atoms with Crippen LogP contribution in [-0.4, -0.2) is 21.8 Å². The Bertz CT molecular complexity index is 877. The van der Waals surface area contributed by atoms with Crippen LogP contribution in [0.4, 0.5) is 0 Å². The number of nitrogens with one attached hydrogen (secondary N) is 1. The summed E-state index contributed by atoms with van der Waals surface area (Å²) >= 11 is 0. The molecule has 0 saturated heterocycles. The lowest BCUT2D eigenvalue weighted by molar-refractivity contribution is 0.174. The van der Waals surface area contributed by atoms with E-state index in [4.69, 9.17) is 9.47 Å². The van der Waals surface area contributed by atoms with Gasteiger partial charge in [-0.15, -0.1) is 0 Å². The Hall–Kier alpha value is -2.05. The van der Waals surface area contributed by atoms with Crippen molar-refractivity contribution in [3.8, 4) is 11.5 Å². The van der Waals surface area contributed by atoms with Crippen molar-refractivity contribution < 1.29 is 17.9 Å². The summed E-state index contributed by atoms with van der Waals surface area (Å²) in [6, 6.07) is 11.1. The Balaban J connectivity index is 1.41. The molecule has 0 amide bonds. The molecule has 0 saturated carbocycles. The van der Waals surface area contributed by atoms with Crippen molar-refractivity contribution in [1.82, 2.24) is 4.72 Å². The van der Waals surface area contributed by atoms with Crippen molar-refractivity contribution in [1.29, 1.82) is 0 Å². The van der Waals surface area contributed by atoms with Crippen LogP contribution in [0.2, 0.25) is 0 Å². The predicted octanol–water partition coefficient (Wildman–Crippen LogP) is 2.43. The zero-order chi connectivity index (χ0) is 16.6. The highest BCUT2D eigenvalue weighted by Crippen LogP contribution is 2.32. The average Bonchev–Trinajstić information content (AvgIpc) is 3.22. The first-order chi connectivity index (χ1) is 11.6. The van der Waals surface area contributed by atoms with E-state index in [0.29, 0.717) is 23.6 Å². The Labute approximate surface area is 141 Å². The highest BCUT2D eigenvalue weighted by Gasteiger charge is 2.18. The van der Waals surface area contributed by atoms with Gasteiger partial charge in [-0.1, -0.05) is 12.1 Å². The molecule has 1 aliphatic heterocycles. The maximum atomic E-state index is 12.5. The molecule has 24 heavy (non-hydrogen) atoms. The maximum Gasteiger partial charge on any atom is 0.240 e. The number of aryl methyl sites for hydroxylation is 2. The van der Waals surface area contributed by atoms with Gasteiger partial charge in [0.05, 0.1) is 4.90 Å². The van der Waals surface area contributed by atoms with Crippen molar-refractivity contribution in [2.45, 2.75) is 30.6 Å². The second-order valence-electron chi connectivity index (χ2n) is 6.12. The van der Waals surface area contributed by atoms with Crippen LogP contribution in [0, 0.1) is 0 Å². The quantitative estimate of drug-likeness (QED) is 0.904. The molecule has 0 unspecified atom stereocenters. The lowest BCUT2D eigenvalue weighted by Crippen LogP contribution is -2.26. The summed E-state index contributed by atoms with van der Waals surface area (Å²) in [5, 5.41) is 0. The van der Waals surface area contributed by atoms with Gasteiger partial charge in [-0.3, -0.25) is 0 Å². The molecule has 0 radical (unpaired) electrons. The van der Waals surface area contributed by atoms with Gasteiger partial charge in [0.1, 0.15) is 0 Å². The molecule has 0 atom stereocenters. The van der Waals surface area contributed by atoms with Crippen molar-refractivity contribution in [3.63, 3.8) is 0 Å². The summed E-state index contributed by atoms with van der Waals surface area (Å²) in [7, 11) is -3.47. The van der Waals surface area contributed by atoms with Crippen LogP contribution in [0.3, 0.4) is 0 Å². The first-order valence-electron chi connectivity index (χ1n) is 8.12. The topological polar surface area (TPSA) is 64.6 Å². The SMILES string of the molecule is O=S(=O)(NCCc1ccc2c(c1)OCO2)c1ccc2c(c1)CCC2. The minimum Gasteiger partial charge on any atom is -0.454 e. The molecule has 0 aromatic heterocycles. The van der Waals surface area contributed by atoms with E-state index < -0.39 is 10.0 Å². The van der Waals surface area contributed by atoms with Gasteiger partial charge in [0.2, 0.25) is 16.8 Å². The maximum absolute atomic E-state index is 12.5. The first kappa shape index (κ1) is 15.5. The standard InChI is InChI=1S/C18H19NO4S/c20-24(21,16-6-5-14-2-1-3-15(14)11-16)19-9-8-13-4-7-17-18(10-13)23-12-22-17/h4-7,10-11,19H,1-3,8-9,12H2. The van der Waals surface area contributed by atoms with Crippen LogP contribution in [0.1, 0.15) is 23.1 Å². The molecule has 0 spiro atoms. The summed E-state index contributed by atoms with van der Waals surface area (Å²) in [4.78, 5) is 0.355. The molecular weight excluding hydrogens is 326 g/mol. The van der Waals surface area contributed by atoms with Gasteiger partial charge in [-0.2, -0.15) is 0 Å². The lowest BCUT2D eigenvalue weighted by Gasteiger charge is -2.09. The lowest BCUT2D eigenvalue weighted by atomic mass is 10.1. The predicted molar refractivity (Wildman–Crippen MR) is 89.9 cm³/mol. The van der Waals surface area contributed by atoms with E-state index in [1.54, 1.807) is 6.07 Å². The number of sulfonamides is 1. The van der Waals surface area contributed by atoms with E-state index in [0.717, 1.165) is 36.1 Å². The number of rotatable bonds is 5. The summed E-state index contributed by atoms with van der Waals surface area (Å²) < 4.78 is 38.2. The highest BCUT2D eigenvalue weighted by atomic mass is 32.2. The molecule has 5 nitrogen and oxygen atoms in total. The van der Waals surface area contributed by atoms with Crippen LogP contribution in [0.25, 0.3) is 0 Å². The fourth-order valence-electron chi connectivity index (χ4n) is 3.22. The number of ether oxygens (including phenoxy) is 2. The average molecular weight is 345 g/mol. The summed E-state index contributed by atoms with van der Waals surface area (Å²) in [6.07, 6.45) is 3.72. The fourth-order valence-corrected chi connectivity index (χ4v) is 4.31. The van der Waals surface area contributed by atoms with Crippen molar-refractivity contribution in [2.75, 3.05) is 13.3 Å². The molecule has 2 aromatic carbocycles. The zero-order valence-corrected chi connectivity index (χ0v) is 14.1. The molecule has 4 rings (SSSR count).